The predicted octanol–water partition coefficient (Wildman–Crippen LogP) is 2.38. The van der Waals surface area contributed by atoms with Gasteiger partial charge in [0.25, 0.3) is 5.56 Å². The van der Waals surface area contributed by atoms with Crippen molar-refractivity contribution in [1.82, 2.24) is 14.7 Å². The number of nitrogens with zero attached hydrogens (tertiary/aromatic N) is 3. The first-order valence-electron chi connectivity index (χ1n) is 8.88. The number of rotatable bonds is 3. The van der Waals surface area contributed by atoms with Gasteiger partial charge < -0.3 is 20.1 Å². The summed E-state index contributed by atoms with van der Waals surface area (Å²) in [5.41, 5.74) is 1.28. The van der Waals surface area contributed by atoms with Crippen molar-refractivity contribution in [2.24, 2.45) is 0 Å². The maximum absolute atomic E-state index is 12.6. The van der Waals surface area contributed by atoms with Crippen LogP contribution in [0.1, 0.15) is 0 Å². The maximum atomic E-state index is 12.6. The molecule has 3 heterocycles. The largest absolute Gasteiger partial charge is 0.573 e. The highest BCUT2D eigenvalue weighted by molar-refractivity contribution is 5.66. The number of piperazine rings is 1. The second-order valence-corrected chi connectivity index (χ2v) is 6.56. The Balaban J connectivity index is 1.72. The average Bonchev–Trinajstić information content (AvgIpc) is 2.69. The highest BCUT2D eigenvalue weighted by Crippen LogP contribution is 2.34. The summed E-state index contributed by atoms with van der Waals surface area (Å²) >= 11 is 0. The minimum absolute atomic E-state index is 0.178. The molecule has 29 heavy (non-hydrogen) atoms. The summed E-state index contributed by atoms with van der Waals surface area (Å²) < 4.78 is 42.7. The Hall–Kier alpha value is -3.27. The summed E-state index contributed by atoms with van der Waals surface area (Å²) in [5.74, 6) is -1.42. The Morgan fingerprint density at radius 3 is 2.59 bits per heavy atom. The summed E-state index contributed by atoms with van der Waals surface area (Å²) in [6.07, 6.45) is -3.25. The van der Waals surface area contributed by atoms with Gasteiger partial charge in [-0.05, 0) is 30.3 Å². The number of aromatic nitrogens is 2. The zero-order chi connectivity index (χ0) is 20.6. The first kappa shape index (κ1) is 19.1. The van der Waals surface area contributed by atoms with Crippen LogP contribution in [0.5, 0.6) is 11.5 Å². The SMILES string of the molecule is O=c1cc(-c2ccc(O)c(OC(F)(F)F)c2)nc2ccc(N3CCNCC3)cn12. The van der Waals surface area contributed by atoms with Gasteiger partial charge >= 0.3 is 6.36 Å². The van der Waals surface area contributed by atoms with E-state index in [0.29, 0.717) is 5.65 Å². The van der Waals surface area contributed by atoms with E-state index in [4.69, 9.17) is 0 Å². The molecule has 0 saturated carbocycles. The molecule has 0 bridgehead atoms. The van der Waals surface area contributed by atoms with Gasteiger partial charge in [-0.3, -0.25) is 9.20 Å². The van der Waals surface area contributed by atoms with Crippen molar-refractivity contribution in [3.8, 4) is 22.8 Å². The van der Waals surface area contributed by atoms with Gasteiger partial charge in [-0.15, -0.1) is 13.2 Å². The van der Waals surface area contributed by atoms with Crippen molar-refractivity contribution in [2.75, 3.05) is 31.1 Å². The average molecular weight is 406 g/mol. The maximum Gasteiger partial charge on any atom is 0.573 e. The van der Waals surface area contributed by atoms with Crippen LogP contribution in [0.4, 0.5) is 18.9 Å². The number of halogens is 3. The van der Waals surface area contributed by atoms with E-state index in [2.05, 4.69) is 19.9 Å². The molecule has 4 rings (SSSR count). The smallest absolute Gasteiger partial charge is 0.504 e. The number of ether oxygens (including phenoxy) is 1. The molecule has 1 saturated heterocycles. The molecule has 2 N–H and O–H groups in total. The molecule has 2 aromatic heterocycles. The fourth-order valence-corrected chi connectivity index (χ4v) is 3.23. The van der Waals surface area contributed by atoms with E-state index in [1.807, 2.05) is 6.07 Å². The Labute approximate surface area is 163 Å². The number of hydrogen-bond donors (Lipinski definition) is 2. The number of phenols is 1. The van der Waals surface area contributed by atoms with Crippen molar-refractivity contribution in [2.45, 2.75) is 6.36 Å². The fourth-order valence-electron chi connectivity index (χ4n) is 3.23. The predicted molar refractivity (Wildman–Crippen MR) is 100 cm³/mol. The van der Waals surface area contributed by atoms with E-state index < -0.39 is 17.9 Å². The lowest BCUT2D eigenvalue weighted by molar-refractivity contribution is -0.275. The van der Waals surface area contributed by atoms with Gasteiger partial charge in [0.05, 0.1) is 11.4 Å². The molecule has 0 atom stereocenters. The molecule has 10 heteroatoms. The highest BCUT2D eigenvalue weighted by atomic mass is 19.4. The van der Waals surface area contributed by atoms with Gasteiger partial charge in [0.15, 0.2) is 11.5 Å². The van der Waals surface area contributed by atoms with E-state index in [-0.39, 0.29) is 16.8 Å². The van der Waals surface area contributed by atoms with Gasteiger partial charge in [0.2, 0.25) is 0 Å². The zero-order valence-corrected chi connectivity index (χ0v) is 15.1. The first-order valence-corrected chi connectivity index (χ1v) is 8.88. The van der Waals surface area contributed by atoms with Gasteiger partial charge in [0.1, 0.15) is 5.65 Å². The Morgan fingerprint density at radius 2 is 1.86 bits per heavy atom. The van der Waals surface area contributed by atoms with Crippen molar-refractivity contribution >= 4 is 11.3 Å². The molecule has 1 aliphatic rings. The lowest BCUT2D eigenvalue weighted by Gasteiger charge is -2.29. The Kier molecular flexibility index (Phi) is 4.79. The van der Waals surface area contributed by atoms with Crippen molar-refractivity contribution < 1.29 is 23.0 Å². The van der Waals surface area contributed by atoms with Crippen LogP contribution in [0.25, 0.3) is 16.9 Å². The monoisotopic (exact) mass is 406 g/mol. The van der Waals surface area contributed by atoms with Crippen LogP contribution in [0.15, 0.2) is 47.4 Å². The number of aromatic hydroxyl groups is 1. The van der Waals surface area contributed by atoms with Crippen LogP contribution in [0.3, 0.4) is 0 Å². The molecule has 3 aromatic rings. The van der Waals surface area contributed by atoms with E-state index in [0.717, 1.165) is 44.0 Å². The lowest BCUT2D eigenvalue weighted by atomic mass is 10.1. The highest BCUT2D eigenvalue weighted by Gasteiger charge is 2.32. The van der Waals surface area contributed by atoms with E-state index in [9.17, 15) is 23.1 Å². The van der Waals surface area contributed by atoms with Gasteiger partial charge in [-0.2, -0.15) is 0 Å². The van der Waals surface area contributed by atoms with E-state index in [1.54, 1.807) is 12.3 Å². The third kappa shape index (κ3) is 4.11. The Morgan fingerprint density at radius 1 is 1.10 bits per heavy atom. The molecule has 0 amide bonds. The second-order valence-electron chi connectivity index (χ2n) is 6.56. The minimum Gasteiger partial charge on any atom is -0.504 e. The van der Waals surface area contributed by atoms with Crippen LogP contribution in [0.2, 0.25) is 0 Å². The molecule has 1 aromatic carbocycles. The number of hydrogen-bond acceptors (Lipinski definition) is 6. The third-order valence-corrected chi connectivity index (χ3v) is 4.61. The molecule has 7 nitrogen and oxygen atoms in total. The van der Waals surface area contributed by atoms with Gasteiger partial charge in [-0.1, -0.05) is 0 Å². The molecule has 0 spiro atoms. The van der Waals surface area contributed by atoms with Crippen LogP contribution in [-0.4, -0.2) is 47.0 Å². The van der Waals surface area contributed by atoms with Crippen LogP contribution in [0, 0.1) is 0 Å². The fraction of sp³-hybridized carbons (Fsp3) is 0.263. The van der Waals surface area contributed by atoms with Crippen molar-refractivity contribution in [1.29, 1.82) is 0 Å². The molecule has 0 aliphatic carbocycles. The van der Waals surface area contributed by atoms with E-state index in [1.165, 1.54) is 16.5 Å². The Bertz CT molecular complexity index is 1110. The number of pyridine rings is 1. The van der Waals surface area contributed by atoms with Crippen LogP contribution >= 0.6 is 0 Å². The minimum atomic E-state index is -4.95. The number of alkyl halides is 3. The number of nitrogens with one attached hydrogen (secondary N) is 1. The quantitative estimate of drug-likeness (QED) is 0.696. The topological polar surface area (TPSA) is 79.1 Å². The van der Waals surface area contributed by atoms with Crippen molar-refractivity contribution in [3.05, 3.63) is 52.9 Å². The van der Waals surface area contributed by atoms with Crippen molar-refractivity contribution in [3.63, 3.8) is 0 Å². The number of phenolic OH excluding ortho intramolecular Hbond substituents is 1. The molecule has 0 unspecified atom stereocenters. The second kappa shape index (κ2) is 7.28. The summed E-state index contributed by atoms with van der Waals surface area (Å²) in [7, 11) is 0. The van der Waals surface area contributed by atoms with Gasteiger partial charge in [-0.25, -0.2) is 4.98 Å². The summed E-state index contributed by atoms with van der Waals surface area (Å²) in [4.78, 5) is 19.1. The molecular weight excluding hydrogens is 389 g/mol. The van der Waals surface area contributed by atoms with E-state index >= 15 is 0 Å². The van der Waals surface area contributed by atoms with Crippen LogP contribution in [-0.2, 0) is 0 Å². The number of benzene rings is 1. The molecule has 1 aliphatic heterocycles. The number of fused-ring (bicyclic) bond motifs is 1. The molecular formula is C19H17F3N4O3. The van der Waals surface area contributed by atoms with Gasteiger partial charge in [0, 0.05) is 44.0 Å². The molecule has 0 radical (unpaired) electrons. The summed E-state index contributed by atoms with van der Waals surface area (Å²) in [6.45, 7) is 3.35. The standard InChI is InChI=1S/C19H17F3N4O3/c20-19(21,22)29-16-9-12(1-3-15(16)27)14-10-18(28)26-11-13(2-4-17(26)24-14)25-7-5-23-6-8-25/h1-4,9-11,23,27H,5-8H2. The summed E-state index contributed by atoms with van der Waals surface area (Å²) in [5, 5.41) is 12.9. The molecule has 1 fully saturated rings. The third-order valence-electron chi connectivity index (χ3n) is 4.61. The molecule has 152 valence electrons. The first-order chi connectivity index (χ1) is 13.8. The normalized spacial score (nSPS) is 14.9. The zero-order valence-electron chi connectivity index (χ0n) is 15.1. The number of anilines is 1. The summed E-state index contributed by atoms with van der Waals surface area (Å²) in [6, 6.07) is 8.20. The lowest BCUT2D eigenvalue weighted by Crippen LogP contribution is -2.43. The van der Waals surface area contributed by atoms with Crippen LogP contribution < -0.4 is 20.5 Å².